The van der Waals surface area contributed by atoms with Crippen LogP contribution in [-0.2, 0) is 10.1 Å². The maximum atomic E-state index is 10.5. The van der Waals surface area contributed by atoms with Gasteiger partial charge in [0.05, 0.1) is 11.9 Å². The van der Waals surface area contributed by atoms with Gasteiger partial charge in [-0.2, -0.15) is 8.42 Å². The van der Waals surface area contributed by atoms with Crippen molar-refractivity contribution < 1.29 is 18.1 Å². The highest BCUT2D eigenvalue weighted by Gasteiger charge is 2.05. The molecule has 0 amide bonds. The third kappa shape index (κ3) is 19.9. The minimum absolute atomic E-state index is 0.226. The minimum atomic E-state index is -3.88. The lowest BCUT2D eigenvalue weighted by Gasteiger charge is -2.11. The van der Waals surface area contributed by atoms with Gasteiger partial charge >= 0.3 is 0 Å². The second kappa shape index (κ2) is 16.3. The number of rotatable bonds is 18. The van der Waals surface area contributed by atoms with Crippen LogP contribution in [0, 0.1) is 0 Å². The summed E-state index contributed by atoms with van der Waals surface area (Å²) in [6.07, 6.45) is 15.5. The van der Waals surface area contributed by atoms with Crippen LogP contribution < -0.4 is 5.32 Å². The first-order valence-electron chi connectivity index (χ1n) is 9.79. The van der Waals surface area contributed by atoms with Gasteiger partial charge in [-0.15, -0.1) is 0 Å². The van der Waals surface area contributed by atoms with Crippen molar-refractivity contribution in [3.05, 3.63) is 0 Å². The number of unbranched alkanes of at least 4 members (excludes halogenated alkanes) is 10. The van der Waals surface area contributed by atoms with Gasteiger partial charge in [0.25, 0.3) is 10.1 Å². The SMILES string of the molecule is CCCCCCCCCCCCCC(O)CCNCCS(=O)(=O)O. The van der Waals surface area contributed by atoms with E-state index >= 15 is 0 Å². The Balaban J connectivity index is 3.22. The van der Waals surface area contributed by atoms with Crippen LogP contribution in [0.15, 0.2) is 0 Å². The molecule has 0 aromatic carbocycles. The molecule has 24 heavy (non-hydrogen) atoms. The van der Waals surface area contributed by atoms with E-state index in [1.165, 1.54) is 64.2 Å². The highest BCUT2D eigenvalue weighted by molar-refractivity contribution is 7.85. The van der Waals surface area contributed by atoms with Gasteiger partial charge < -0.3 is 10.4 Å². The Morgan fingerprint density at radius 2 is 1.29 bits per heavy atom. The molecule has 6 heteroatoms. The molecule has 0 heterocycles. The summed E-state index contributed by atoms with van der Waals surface area (Å²) in [5.41, 5.74) is 0. The Morgan fingerprint density at radius 1 is 0.792 bits per heavy atom. The number of nitrogens with one attached hydrogen (secondary N) is 1. The van der Waals surface area contributed by atoms with E-state index in [9.17, 15) is 13.5 Å². The molecule has 3 N–H and O–H groups in total. The van der Waals surface area contributed by atoms with E-state index in [-0.39, 0.29) is 18.4 Å². The second-order valence-corrected chi connectivity index (χ2v) is 8.37. The van der Waals surface area contributed by atoms with Gasteiger partial charge in [0.15, 0.2) is 0 Å². The van der Waals surface area contributed by atoms with Crippen LogP contribution in [0.1, 0.15) is 90.4 Å². The summed E-state index contributed by atoms with van der Waals surface area (Å²) in [5, 5.41) is 12.8. The third-order valence-electron chi connectivity index (χ3n) is 4.33. The zero-order valence-electron chi connectivity index (χ0n) is 15.5. The van der Waals surface area contributed by atoms with Crippen LogP contribution >= 0.6 is 0 Å². The smallest absolute Gasteiger partial charge is 0.266 e. The van der Waals surface area contributed by atoms with Crippen molar-refractivity contribution in [3.8, 4) is 0 Å². The van der Waals surface area contributed by atoms with Crippen molar-refractivity contribution in [2.45, 2.75) is 96.5 Å². The first kappa shape index (κ1) is 23.8. The van der Waals surface area contributed by atoms with Gasteiger partial charge in [-0.1, -0.05) is 77.6 Å². The van der Waals surface area contributed by atoms with Crippen molar-refractivity contribution in [1.29, 1.82) is 0 Å². The van der Waals surface area contributed by atoms with Crippen LogP contribution in [0.2, 0.25) is 0 Å². The summed E-state index contributed by atoms with van der Waals surface area (Å²) in [6, 6.07) is 0. The zero-order valence-corrected chi connectivity index (χ0v) is 16.3. The van der Waals surface area contributed by atoms with Gasteiger partial charge in [0, 0.05) is 6.54 Å². The van der Waals surface area contributed by atoms with Crippen molar-refractivity contribution >= 4 is 10.1 Å². The Labute approximate surface area is 149 Å². The number of aliphatic hydroxyl groups is 1. The van der Waals surface area contributed by atoms with Crippen molar-refractivity contribution in [1.82, 2.24) is 5.32 Å². The molecule has 0 saturated heterocycles. The topological polar surface area (TPSA) is 86.6 Å². The Bertz CT molecular complexity index is 360. The molecular weight excluding hydrogens is 326 g/mol. The Kier molecular flexibility index (Phi) is 16.2. The summed E-state index contributed by atoms with van der Waals surface area (Å²) < 4.78 is 29.6. The highest BCUT2D eigenvalue weighted by atomic mass is 32.2. The summed E-state index contributed by atoms with van der Waals surface area (Å²) in [6.45, 7) is 3.05. The zero-order chi connectivity index (χ0) is 18.1. The van der Waals surface area contributed by atoms with E-state index in [4.69, 9.17) is 4.55 Å². The molecule has 0 fully saturated rings. The fourth-order valence-corrected chi connectivity index (χ4v) is 3.19. The molecular formula is C18H39NO4S. The highest BCUT2D eigenvalue weighted by Crippen LogP contribution is 2.13. The van der Waals surface area contributed by atoms with Crippen molar-refractivity contribution in [2.75, 3.05) is 18.8 Å². The van der Waals surface area contributed by atoms with E-state index in [1.54, 1.807) is 0 Å². The maximum Gasteiger partial charge on any atom is 0.266 e. The van der Waals surface area contributed by atoms with E-state index in [0.29, 0.717) is 13.0 Å². The predicted octanol–water partition coefficient (Wildman–Crippen LogP) is 3.92. The predicted molar refractivity (Wildman–Crippen MR) is 101 cm³/mol. The Hall–Kier alpha value is -0.170. The van der Waals surface area contributed by atoms with Crippen molar-refractivity contribution in [3.63, 3.8) is 0 Å². The molecule has 0 spiro atoms. The van der Waals surface area contributed by atoms with Gasteiger partial charge in [-0.3, -0.25) is 4.55 Å². The molecule has 1 atom stereocenters. The fraction of sp³-hybridized carbons (Fsp3) is 1.00. The minimum Gasteiger partial charge on any atom is -0.393 e. The molecule has 0 saturated carbocycles. The average molecular weight is 366 g/mol. The molecule has 0 bridgehead atoms. The van der Waals surface area contributed by atoms with E-state index in [2.05, 4.69) is 12.2 Å². The van der Waals surface area contributed by atoms with E-state index in [1.807, 2.05) is 0 Å². The summed E-state index contributed by atoms with van der Waals surface area (Å²) in [4.78, 5) is 0. The quantitative estimate of drug-likeness (QED) is 0.253. The number of hydrogen-bond acceptors (Lipinski definition) is 4. The van der Waals surface area contributed by atoms with Gasteiger partial charge in [-0.05, 0) is 19.4 Å². The van der Waals surface area contributed by atoms with E-state index < -0.39 is 10.1 Å². The van der Waals surface area contributed by atoms with E-state index in [0.717, 1.165) is 12.8 Å². The Morgan fingerprint density at radius 3 is 1.79 bits per heavy atom. The molecule has 0 rings (SSSR count). The molecule has 0 radical (unpaired) electrons. The fourth-order valence-electron chi connectivity index (χ4n) is 2.78. The van der Waals surface area contributed by atoms with Crippen LogP contribution in [-0.4, -0.2) is 43.0 Å². The first-order chi connectivity index (χ1) is 11.5. The molecule has 146 valence electrons. The molecule has 0 aliphatic rings. The lowest BCUT2D eigenvalue weighted by atomic mass is 10.0. The van der Waals surface area contributed by atoms with Crippen LogP contribution in [0.5, 0.6) is 0 Å². The largest absolute Gasteiger partial charge is 0.393 e. The summed E-state index contributed by atoms with van der Waals surface area (Å²) in [7, 11) is -3.88. The van der Waals surface area contributed by atoms with Gasteiger partial charge in [-0.25, -0.2) is 0 Å². The third-order valence-corrected chi connectivity index (χ3v) is 5.05. The van der Waals surface area contributed by atoms with Gasteiger partial charge in [0.1, 0.15) is 0 Å². The van der Waals surface area contributed by atoms with Gasteiger partial charge in [0.2, 0.25) is 0 Å². The van der Waals surface area contributed by atoms with Crippen LogP contribution in [0.3, 0.4) is 0 Å². The monoisotopic (exact) mass is 365 g/mol. The lowest BCUT2D eigenvalue weighted by Crippen LogP contribution is -2.26. The van der Waals surface area contributed by atoms with Crippen LogP contribution in [0.25, 0.3) is 0 Å². The second-order valence-electron chi connectivity index (χ2n) is 6.80. The number of aliphatic hydroxyl groups excluding tert-OH is 1. The maximum absolute atomic E-state index is 10.5. The lowest BCUT2D eigenvalue weighted by molar-refractivity contribution is 0.150. The molecule has 0 aromatic heterocycles. The van der Waals surface area contributed by atoms with Crippen LogP contribution in [0.4, 0.5) is 0 Å². The standard InChI is InChI=1S/C18H39NO4S/c1-2-3-4-5-6-7-8-9-10-11-12-13-18(20)14-15-19-16-17-24(21,22)23/h18-20H,2-17H2,1H3,(H,21,22,23). The molecule has 0 aliphatic heterocycles. The molecule has 1 unspecified atom stereocenters. The molecule has 5 nitrogen and oxygen atoms in total. The van der Waals surface area contributed by atoms with Crippen molar-refractivity contribution in [2.24, 2.45) is 0 Å². The summed E-state index contributed by atoms with van der Waals surface area (Å²) in [5.74, 6) is -0.276. The molecule has 0 aromatic rings. The normalized spacial score (nSPS) is 13.3. The molecule has 0 aliphatic carbocycles. The average Bonchev–Trinajstić information content (AvgIpc) is 2.51. The summed E-state index contributed by atoms with van der Waals surface area (Å²) >= 11 is 0. The number of hydrogen-bond donors (Lipinski definition) is 3. The first-order valence-corrected chi connectivity index (χ1v) is 11.4.